The fourth-order valence-corrected chi connectivity index (χ4v) is 0.202. The molecule has 38 valence electrons. The number of nitriles is 1. The van der Waals surface area contributed by atoms with E-state index >= 15 is 0 Å². The summed E-state index contributed by atoms with van der Waals surface area (Å²) in [6, 6.07) is 0. The molecule has 0 saturated carbocycles. The van der Waals surface area contributed by atoms with E-state index < -0.39 is 7.12 Å². The monoisotopic (exact) mass is 99.0 g/mol. The Hall–Kier alpha value is -0.525. The van der Waals surface area contributed by atoms with Gasteiger partial charge in [0.1, 0.15) is 0 Å². The normalized spacial score (nSPS) is 7.57. The third-order valence-electron chi connectivity index (χ3n) is 0.534. The lowest BCUT2D eigenvalue weighted by Crippen LogP contribution is -2.15. The second-order valence-electron chi connectivity index (χ2n) is 0.932. The lowest BCUT2D eigenvalue weighted by Gasteiger charge is -1.93. The first-order chi connectivity index (χ1) is 3.35. The summed E-state index contributed by atoms with van der Waals surface area (Å²) in [7, 11) is 2.12. The molecule has 4 heteroatoms. The molecule has 0 aliphatic carbocycles. The van der Waals surface area contributed by atoms with Crippen LogP contribution < -0.4 is 0 Å². The molecule has 0 heterocycles. The van der Waals surface area contributed by atoms with E-state index in [-0.39, 0.29) is 0 Å². The summed E-state index contributed by atoms with van der Waals surface area (Å²) in [6.45, 7) is 0. The third kappa shape index (κ3) is 2.21. The van der Waals surface area contributed by atoms with Crippen molar-refractivity contribution in [1.29, 1.82) is 5.26 Å². The van der Waals surface area contributed by atoms with Crippen molar-refractivity contribution in [2.24, 2.45) is 0 Å². The molecule has 0 aromatic rings. The van der Waals surface area contributed by atoms with Gasteiger partial charge in [-0.05, 0) is 0 Å². The molecule has 0 spiro atoms. The first-order valence-electron chi connectivity index (χ1n) is 1.80. The van der Waals surface area contributed by atoms with E-state index in [4.69, 9.17) is 5.26 Å². The van der Waals surface area contributed by atoms with Crippen LogP contribution in [0.3, 0.4) is 0 Å². The summed E-state index contributed by atoms with van der Waals surface area (Å²) in [5.74, 6) is 1.76. The SMILES string of the molecule is COB(C#N)OC. The van der Waals surface area contributed by atoms with Crippen LogP contribution in [0.1, 0.15) is 0 Å². The molecule has 0 radical (unpaired) electrons. The van der Waals surface area contributed by atoms with Crippen LogP contribution in [-0.4, -0.2) is 21.3 Å². The second-order valence-corrected chi connectivity index (χ2v) is 0.932. The zero-order chi connectivity index (χ0) is 5.70. The van der Waals surface area contributed by atoms with Crippen LogP contribution in [0, 0.1) is 11.2 Å². The topological polar surface area (TPSA) is 42.2 Å². The molecule has 0 aliphatic rings. The van der Waals surface area contributed by atoms with Crippen molar-refractivity contribution < 1.29 is 9.31 Å². The van der Waals surface area contributed by atoms with Crippen molar-refractivity contribution in [2.45, 2.75) is 0 Å². The van der Waals surface area contributed by atoms with E-state index in [0.717, 1.165) is 0 Å². The Morgan fingerprint density at radius 2 is 1.86 bits per heavy atom. The van der Waals surface area contributed by atoms with Gasteiger partial charge in [-0.3, -0.25) is 0 Å². The van der Waals surface area contributed by atoms with Gasteiger partial charge < -0.3 is 9.31 Å². The Kier molecular flexibility index (Phi) is 3.38. The van der Waals surface area contributed by atoms with Crippen LogP contribution in [0.5, 0.6) is 0 Å². The highest BCUT2D eigenvalue weighted by Crippen LogP contribution is 1.77. The molecular weight excluding hydrogens is 92.8 g/mol. The van der Waals surface area contributed by atoms with Crippen LogP contribution in [0.2, 0.25) is 0 Å². The largest absolute Gasteiger partial charge is 0.578 e. The first-order valence-corrected chi connectivity index (χ1v) is 1.80. The van der Waals surface area contributed by atoms with E-state index in [2.05, 4.69) is 9.31 Å². The number of hydrogen-bond acceptors (Lipinski definition) is 3. The van der Waals surface area contributed by atoms with Crippen LogP contribution >= 0.6 is 0 Å². The van der Waals surface area contributed by atoms with E-state index in [1.807, 2.05) is 0 Å². The predicted octanol–water partition coefficient (Wildman–Crippen LogP) is -0.170. The minimum absolute atomic E-state index is 0.708. The standard InChI is InChI=1S/C3H6BNO2/c1-6-4(3-5)7-2/h1-2H3. The lowest BCUT2D eigenvalue weighted by molar-refractivity contribution is 0.292. The molecule has 0 amide bonds. The summed E-state index contributed by atoms with van der Waals surface area (Å²) in [5, 5.41) is 8.03. The van der Waals surface area contributed by atoms with Crippen molar-refractivity contribution in [1.82, 2.24) is 0 Å². The maximum atomic E-state index is 8.03. The smallest absolute Gasteiger partial charge is 0.402 e. The zero-order valence-corrected chi connectivity index (χ0v) is 4.34. The van der Waals surface area contributed by atoms with Gasteiger partial charge in [0.2, 0.25) is 0 Å². The van der Waals surface area contributed by atoms with Gasteiger partial charge in [-0.15, -0.1) is 0 Å². The fraction of sp³-hybridized carbons (Fsp3) is 0.667. The summed E-state index contributed by atoms with van der Waals surface area (Å²) >= 11 is 0. The summed E-state index contributed by atoms with van der Waals surface area (Å²) in [6.07, 6.45) is 0. The number of hydrogen-bond donors (Lipinski definition) is 0. The maximum absolute atomic E-state index is 8.03. The highest BCUT2D eigenvalue weighted by Gasteiger charge is 2.10. The molecule has 0 aliphatic heterocycles. The zero-order valence-electron chi connectivity index (χ0n) is 4.34. The Morgan fingerprint density at radius 3 is 1.86 bits per heavy atom. The van der Waals surface area contributed by atoms with Gasteiger partial charge >= 0.3 is 7.12 Å². The molecule has 3 nitrogen and oxygen atoms in total. The van der Waals surface area contributed by atoms with Crippen LogP contribution in [-0.2, 0) is 9.31 Å². The third-order valence-corrected chi connectivity index (χ3v) is 0.534. The predicted molar refractivity (Wildman–Crippen MR) is 25.4 cm³/mol. The molecule has 7 heavy (non-hydrogen) atoms. The van der Waals surface area contributed by atoms with Crippen molar-refractivity contribution in [3.05, 3.63) is 0 Å². The fourth-order valence-electron chi connectivity index (χ4n) is 0.202. The Labute approximate surface area is 43.0 Å². The highest BCUT2D eigenvalue weighted by molar-refractivity contribution is 6.53. The van der Waals surface area contributed by atoms with Crippen molar-refractivity contribution in [3.8, 4) is 5.97 Å². The van der Waals surface area contributed by atoms with E-state index in [1.54, 1.807) is 5.97 Å². The molecule has 0 bridgehead atoms. The summed E-state index contributed by atoms with van der Waals surface area (Å²) in [5.41, 5.74) is 0. The van der Waals surface area contributed by atoms with Gasteiger partial charge in [-0.25, -0.2) is 5.26 Å². The summed E-state index contributed by atoms with van der Waals surface area (Å²) < 4.78 is 8.93. The highest BCUT2D eigenvalue weighted by atomic mass is 16.6. The van der Waals surface area contributed by atoms with Gasteiger partial charge in [-0.2, -0.15) is 0 Å². The maximum Gasteiger partial charge on any atom is 0.578 e. The van der Waals surface area contributed by atoms with Gasteiger partial charge in [0.25, 0.3) is 0 Å². The molecule has 0 rings (SSSR count). The Balaban J connectivity index is 3.23. The molecule has 0 aromatic heterocycles. The minimum Gasteiger partial charge on any atom is -0.402 e. The second kappa shape index (κ2) is 3.66. The molecule has 0 aromatic carbocycles. The molecule has 0 atom stereocenters. The van der Waals surface area contributed by atoms with Gasteiger partial charge in [0, 0.05) is 14.2 Å². The van der Waals surface area contributed by atoms with Crippen molar-refractivity contribution in [2.75, 3.05) is 14.2 Å². The van der Waals surface area contributed by atoms with Gasteiger partial charge in [0.05, 0.1) is 5.97 Å². The van der Waals surface area contributed by atoms with E-state index in [0.29, 0.717) is 0 Å². The van der Waals surface area contributed by atoms with Gasteiger partial charge in [-0.1, -0.05) is 0 Å². The molecule has 0 fully saturated rings. The van der Waals surface area contributed by atoms with E-state index in [1.165, 1.54) is 14.2 Å². The van der Waals surface area contributed by atoms with Crippen molar-refractivity contribution >= 4 is 7.12 Å². The average molecular weight is 98.9 g/mol. The van der Waals surface area contributed by atoms with E-state index in [9.17, 15) is 0 Å². The number of nitrogens with zero attached hydrogens (tertiary/aromatic N) is 1. The quantitative estimate of drug-likeness (QED) is 0.451. The first kappa shape index (κ1) is 6.47. The Morgan fingerprint density at radius 1 is 1.43 bits per heavy atom. The molecule has 0 saturated heterocycles. The molecular formula is C3H6BNO2. The number of rotatable bonds is 2. The van der Waals surface area contributed by atoms with Crippen LogP contribution in [0.15, 0.2) is 0 Å². The average Bonchev–Trinajstić information content (AvgIpc) is 1.72. The molecule has 0 unspecified atom stereocenters. The summed E-state index contributed by atoms with van der Waals surface area (Å²) in [4.78, 5) is 0. The van der Waals surface area contributed by atoms with Crippen molar-refractivity contribution in [3.63, 3.8) is 0 Å². The molecule has 0 N–H and O–H groups in total. The minimum atomic E-state index is -0.708. The van der Waals surface area contributed by atoms with Crippen LogP contribution in [0.25, 0.3) is 0 Å². The Bertz CT molecular complexity index is 75.5. The lowest BCUT2D eigenvalue weighted by atomic mass is 9.95. The van der Waals surface area contributed by atoms with Gasteiger partial charge in [0.15, 0.2) is 0 Å². The van der Waals surface area contributed by atoms with Crippen LogP contribution in [0.4, 0.5) is 0 Å².